The lowest BCUT2D eigenvalue weighted by atomic mass is 9.88. The smallest absolute Gasteiger partial charge is 0.274 e. The quantitative estimate of drug-likeness (QED) is 0.695. The molecule has 180 valence electrons. The zero-order valence-corrected chi connectivity index (χ0v) is 20.3. The van der Waals surface area contributed by atoms with Gasteiger partial charge in [-0.05, 0) is 70.2 Å². The first-order valence-corrected chi connectivity index (χ1v) is 12.9. The number of amides is 1. The highest BCUT2D eigenvalue weighted by Crippen LogP contribution is 2.37. The number of rotatable bonds is 7. The first-order valence-electron chi connectivity index (χ1n) is 12.9. The van der Waals surface area contributed by atoms with Crippen LogP contribution in [0.2, 0.25) is 0 Å². The number of carbonyl (C=O) groups is 1. The average molecular weight is 454 g/mol. The van der Waals surface area contributed by atoms with Crippen LogP contribution in [0.4, 0.5) is 0 Å². The van der Waals surface area contributed by atoms with Crippen molar-refractivity contribution in [2.24, 2.45) is 7.05 Å². The number of aryl methyl sites for hydroxylation is 1. The van der Waals surface area contributed by atoms with Crippen molar-refractivity contribution in [3.05, 3.63) is 41.1 Å². The molecule has 3 aliphatic rings. The third-order valence-electron chi connectivity index (χ3n) is 8.26. The molecule has 2 aromatic rings. The molecule has 0 radical (unpaired) electrons. The summed E-state index contributed by atoms with van der Waals surface area (Å²) in [7, 11) is 3.80. The number of hydrogen-bond acceptors (Lipinski definition) is 5. The fourth-order valence-electron chi connectivity index (χ4n) is 6.36. The summed E-state index contributed by atoms with van der Waals surface area (Å²) in [5.74, 6) is 0.763. The predicted octanol–water partition coefficient (Wildman–Crippen LogP) is 3.53. The van der Waals surface area contributed by atoms with Gasteiger partial charge in [0.25, 0.3) is 5.91 Å². The zero-order chi connectivity index (χ0) is 22.8. The molecular formula is C26H39N5O2. The molecule has 3 heterocycles. The van der Waals surface area contributed by atoms with Gasteiger partial charge in [-0.3, -0.25) is 14.4 Å². The van der Waals surface area contributed by atoms with Gasteiger partial charge in [0.15, 0.2) is 5.69 Å². The predicted molar refractivity (Wildman–Crippen MR) is 128 cm³/mol. The number of aromatic nitrogens is 2. The molecule has 2 fully saturated rings. The first kappa shape index (κ1) is 22.7. The van der Waals surface area contributed by atoms with Crippen molar-refractivity contribution in [2.75, 3.05) is 26.7 Å². The van der Waals surface area contributed by atoms with Gasteiger partial charge in [0, 0.05) is 43.5 Å². The molecule has 1 saturated heterocycles. The fraction of sp³-hybridized carbons (Fsp3) is 0.692. The van der Waals surface area contributed by atoms with Crippen molar-refractivity contribution in [3.8, 4) is 0 Å². The Morgan fingerprint density at radius 1 is 1.24 bits per heavy atom. The molecule has 7 heteroatoms. The van der Waals surface area contributed by atoms with Crippen molar-refractivity contribution in [1.29, 1.82) is 0 Å². The van der Waals surface area contributed by atoms with E-state index in [1.165, 1.54) is 63.7 Å². The molecule has 0 spiro atoms. The lowest BCUT2D eigenvalue weighted by molar-refractivity contribution is 0.0667. The number of hydrogen-bond donors (Lipinski definition) is 1. The van der Waals surface area contributed by atoms with Gasteiger partial charge in [0.1, 0.15) is 5.76 Å². The molecule has 0 bridgehead atoms. The highest BCUT2D eigenvalue weighted by Gasteiger charge is 2.40. The van der Waals surface area contributed by atoms with Crippen molar-refractivity contribution in [2.45, 2.75) is 82.3 Å². The topological polar surface area (TPSA) is 66.5 Å². The van der Waals surface area contributed by atoms with E-state index in [-0.39, 0.29) is 5.91 Å². The van der Waals surface area contributed by atoms with E-state index in [1.807, 2.05) is 30.9 Å². The lowest BCUT2D eigenvalue weighted by Crippen LogP contribution is -2.56. The molecule has 5 rings (SSSR count). The Morgan fingerprint density at radius 3 is 2.76 bits per heavy atom. The van der Waals surface area contributed by atoms with E-state index in [9.17, 15) is 4.79 Å². The summed E-state index contributed by atoms with van der Waals surface area (Å²) in [4.78, 5) is 17.8. The van der Waals surface area contributed by atoms with Gasteiger partial charge in [-0.15, -0.1) is 0 Å². The Labute approximate surface area is 197 Å². The van der Waals surface area contributed by atoms with Crippen LogP contribution in [0, 0.1) is 0 Å². The molecule has 0 aromatic carbocycles. The minimum absolute atomic E-state index is 0.0236. The molecule has 1 unspecified atom stereocenters. The van der Waals surface area contributed by atoms with E-state index >= 15 is 0 Å². The summed E-state index contributed by atoms with van der Waals surface area (Å²) >= 11 is 0. The van der Waals surface area contributed by atoms with Gasteiger partial charge in [-0.2, -0.15) is 5.10 Å². The standard InChI is InChI=1S/C26H39N5O2/c1-29(18-21-9-8-16-33-21)25(32)24-22-17-20(10-11-23(22)30(2)28-24)27-19-26(12-4-5-13-26)31-14-6-3-7-15-31/h8-9,16,20,27H,3-7,10-15,17-19H2,1-2H3. The monoisotopic (exact) mass is 453 g/mol. The Bertz CT molecular complexity index is 938. The summed E-state index contributed by atoms with van der Waals surface area (Å²) in [6, 6.07) is 4.16. The first-order chi connectivity index (χ1) is 16.1. The van der Waals surface area contributed by atoms with Crippen molar-refractivity contribution >= 4 is 5.91 Å². The van der Waals surface area contributed by atoms with Gasteiger partial charge >= 0.3 is 0 Å². The molecule has 1 atom stereocenters. The second kappa shape index (κ2) is 9.63. The molecular weight excluding hydrogens is 414 g/mol. The van der Waals surface area contributed by atoms with Crippen LogP contribution in [-0.2, 0) is 26.4 Å². The molecule has 1 saturated carbocycles. The zero-order valence-electron chi connectivity index (χ0n) is 20.3. The third-order valence-corrected chi connectivity index (χ3v) is 8.26. The van der Waals surface area contributed by atoms with Crippen LogP contribution in [0.1, 0.15) is 78.9 Å². The highest BCUT2D eigenvalue weighted by atomic mass is 16.3. The maximum atomic E-state index is 13.3. The Morgan fingerprint density at radius 2 is 2.03 bits per heavy atom. The minimum atomic E-state index is -0.0236. The van der Waals surface area contributed by atoms with Gasteiger partial charge in [-0.1, -0.05) is 19.3 Å². The second-order valence-corrected chi connectivity index (χ2v) is 10.4. The number of nitrogens with zero attached hydrogens (tertiary/aromatic N) is 4. The van der Waals surface area contributed by atoms with Crippen LogP contribution >= 0.6 is 0 Å². The molecule has 33 heavy (non-hydrogen) atoms. The normalized spacial score (nSPS) is 22.9. The van der Waals surface area contributed by atoms with Gasteiger partial charge < -0.3 is 14.6 Å². The third kappa shape index (κ3) is 4.62. The van der Waals surface area contributed by atoms with E-state index in [2.05, 4.69) is 15.3 Å². The number of likely N-dealkylation sites (tertiary alicyclic amines) is 1. The minimum Gasteiger partial charge on any atom is -0.467 e. The van der Waals surface area contributed by atoms with Crippen molar-refractivity contribution in [1.82, 2.24) is 24.9 Å². The largest absolute Gasteiger partial charge is 0.467 e. The van der Waals surface area contributed by atoms with E-state index < -0.39 is 0 Å². The molecule has 1 amide bonds. The highest BCUT2D eigenvalue weighted by molar-refractivity contribution is 5.94. The summed E-state index contributed by atoms with van der Waals surface area (Å²) < 4.78 is 7.35. The van der Waals surface area contributed by atoms with Gasteiger partial charge in [0.05, 0.1) is 12.8 Å². The van der Waals surface area contributed by atoms with E-state index in [0.29, 0.717) is 23.8 Å². The summed E-state index contributed by atoms with van der Waals surface area (Å²) in [6.45, 7) is 4.06. The molecule has 2 aliphatic carbocycles. The maximum absolute atomic E-state index is 13.3. The number of fused-ring (bicyclic) bond motifs is 1. The Hall–Kier alpha value is -2.12. The molecule has 1 aliphatic heterocycles. The summed E-state index contributed by atoms with van der Waals surface area (Å²) in [6.07, 6.45) is 14.1. The molecule has 2 aromatic heterocycles. The molecule has 7 nitrogen and oxygen atoms in total. The van der Waals surface area contributed by atoms with Crippen LogP contribution in [0.25, 0.3) is 0 Å². The van der Waals surface area contributed by atoms with E-state index in [0.717, 1.165) is 37.1 Å². The Balaban J connectivity index is 1.27. The molecule has 1 N–H and O–H groups in total. The van der Waals surface area contributed by atoms with Gasteiger partial charge in [0.2, 0.25) is 0 Å². The van der Waals surface area contributed by atoms with Crippen LogP contribution in [0.5, 0.6) is 0 Å². The number of piperidine rings is 1. The van der Waals surface area contributed by atoms with Crippen LogP contribution < -0.4 is 5.32 Å². The average Bonchev–Trinajstić information content (AvgIpc) is 3.59. The van der Waals surface area contributed by atoms with Crippen molar-refractivity contribution < 1.29 is 9.21 Å². The SMILES string of the molecule is CN(Cc1ccco1)C(=O)c1nn(C)c2c1CC(NCC1(N3CCCCC3)CCCC1)CC2. The number of carbonyl (C=O) groups excluding carboxylic acids is 1. The van der Waals surface area contributed by atoms with Crippen LogP contribution in [0.15, 0.2) is 22.8 Å². The second-order valence-electron chi connectivity index (χ2n) is 10.4. The van der Waals surface area contributed by atoms with E-state index in [1.54, 1.807) is 11.2 Å². The number of nitrogens with one attached hydrogen (secondary N) is 1. The lowest BCUT2D eigenvalue weighted by Gasteiger charge is -2.44. The van der Waals surface area contributed by atoms with Gasteiger partial charge in [-0.25, -0.2) is 0 Å². The Kier molecular flexibility index (Phi) is 6.61. The van der Waals surface area contributed by atoms with E-state index in [4.69, 9.17) is 4.42 Å². The summed E-state index contributed by atoms with van der Waals surface area (Å²) in [5.41, 5.74) is 3.31. The number of furan rings is 1. The summed E-state index contributed by atoms with van der Waals surface area (Å²) in [5, 5.41) is 8.63. The van der Waals surface area contributed by atoms with Crippen LogP contribution in [0.3, 0.4) is 0 Å². The fourth-order valence-corrected chi connectivity index (χ4v) is 6.36. The van der Waals surface area contributed by atoms with Crippen LogP contribution in [-0.4, -0.2) is 63.8 Å². The van der Waals surface area contributed by atoms with Crippen molar-refractivity contribution in [3.63, 3.8) is 0 Å². The maximum Gasteiger partial charge on any atom is 0.274 e.